The van der Waals surface area contributed by atoms with E-state index in [4.69, 9.17) is 5.73 Å². The third-order valence-electron chi connectivity index (χ3n) is 2.82. The average molecular weight is 266 g/mol. The summed E-state index contributed by atoms with van der Waals surface area (Å²) in [5.74, 6) is -0.477. The van der Waals surface area contributed by atoms with Gasteiger partial charge in [0, 0.05) is 0 Å². The molecule has 1 aromatic rings. The van der Waals surface area contributed by atoms with Crippen LogP contribution in [0.15, 0.2) is 24.3 Å². The van der Waals surface area contributed by atoms with E-state index in [1.165, 1.54) is 12.1 Å². The highest BCUT2D eigenvalue weighted by Crippen LogP contribution is 2.29. The molecule has 1 rings (SSSR count). The van der Waals surface area contributed by atoms with E-state index in [1.54, 1.807) is 19.1 Å². The fraction of sp³-hybridized carbons (Fsp3) is 0.533. The zero-order valence-corrected chi connectivity index (χ0v) is 12.0. The van der Waals surface area contributed by atoms with Crippen molar-refractivity contribution >= 4 is 5.91 Å². The van der Waals surface area contributed by atoms with Gasteiger partial charge < -0.3 is 11.1 Å². The van der Waals surface area contributed by atoms with Gasteiger partial charge in [-0.1, -0.05) is 32.9 Å². The van der Waals surface area contributed by atoms with Crippen LogP contribution in [0.4, 0.5) is 4.39 Å². The summed E-state index contributed by atoms with van der Waals surface area (Å²) in [7, 11) is 0. The fourth-order valence-electron chi connectivity index (χ4n) is 1.86. The molecule has 0 heterocycles. The molecule has 4 heteroatoms. The number of amides is 1. The molecule has 3 N–H and O–H groups in total. The normalized spacial score (nSPS) is 14.8. The lowest BCUT2D eigenvalue weighted by molar-refractivity contribution is -0.122. The first-order chi connectivity index (χ1) is 8.69. The molecule has 0 fully saturated rings. The Kier molecular flexibility index (Phi) is 5.06. The lowest BCUT2D eigenvalue weighted by atomic mass is 9.85. The second-order valence-electron chi connectivity index (χ2n) is 6.17. The SMILES string of the molecule is C[C@H](N)C(=O)NC(CC(C)(C)C)c1ccc(F)cc1. The van der Waals surface area contributed by atoms with E-state index < -0.39 is 6.04 Å². The van der Waals surface area contributed by atoms with E-state index in [2.05, 4.69) is 26.1 Å². The number of rotatable bonds is 4. The second-order valence-corrected chi connectivity index (χ2v) is 6.17. The summed E-state index contributed by atoms with van der Waals surface area (Å²) in [6, 6.07) is 5.51. The molecule has 0 radical (unpaired) electrons. The first-order valence-electron chi connectivity index (χ1n) is 6.50. The molecule has 19 heavy (non-hydrogen) atoms. The van der Waals surface area contributed by atoms with E-state index in [0.717, 1.165) is 12.0 Å². The average Bonchev–Trinajstić information content (AvgIpc) is 2.27. The van der Waals surface area contributed by atoms with Crippen molar-refractivity contribution in [1.29, 1.82) is 0 Å². The maximum Gasteiger partial charge on any atom is 0.237 e. The predicted molar refractivity (Wildman–Crippen MR) is 75.0 cm³/mol. The Morgan fingerprint density at radius 2 is 1.84 bits per heavy atom. The van der Waals surface area contributed by atoms with E-state index in [-0.39, 0.29) is 23.2 Å². The summed E-state index contributed by atoms with van der Waals surface area (Å²) in [5, 5.41) is 2.92. The molecule has 2 atom stereocenters. The molecule has 1 unspecified atom stereocenters. The van der Waals surface area contributed by atoms with Crippen LogP contribution in [0.3, 0.4) is 0 Å². The van der Waals surface area contributed by atoms with Gasteiger partial charge in [-0.25, -0.2) is 4.39 Å². The van der Waals surface area contributed by atoms with Crippen molar-refractivity contribution in [2.24, 2.45) is 11.1 Å². The Morgan fingerprint density at radius 1 is 1.32 bits per heavy atom. The van der Waals surface area contributed by atoms with Crippen LogP contribution in [0.25, 0.3) is 0 Å². The van der Waals surface area contributed by atoms with E-state index >= 15 is 0 Å². The van der Waals surface area contributed by atoms with Gasteiger partial charge in [-0.3, -0.25) is 4.79 Å². The van der Waals surface area contributed by atoms with Gasteiger partial charge in [-0.15, -0.1) is 0 Å². The van der Waals surface area contributed by atoms with Gasteiger partial charge >= 0.3 is 0 Å². The van der Waals surface area contributed by atoms with Gasteiger partial charge in [0.1, 0.15) is 5.82 Å². The predicted octanol–water partition coefficient (Wildman–Crippen LogP) is 2.77. The molecule has 0 aromatic heterocycles. The number of hydrogen-bond donors (Lipinski definition) is 2. The minimum atomic E-state index is -0.553. The van der Waals surface area contributed by atoms with Crippen LogP contribution in [-0.4, -0.2) is 11.9 Å². The molecule has 0 aliphatic carbocycles. The van der Waals surface area contributed by atoms with Crippen LogP contribution in [-0.2, 0) is 4.79 Å². The summed E-state index contributed by atoms with van der Waals surface area (Å²) in [4.78, 5) is 11.8. The van der Waals surface area contributed by atoms with Crippen molar-refractivity contribution < 1.29 is 9.18 Å². The Morgan fingerprint density at radius 3 is 2.26 bits per heavy atom. The van der Waals surface area contributed by atoms with Gasteiger partial charge in [0.2, 0.25) is 5.91 Å². The molecular formula is C15H23FN2O. The minimum absolute atomic E-state index is 0.0458. The van der Waals surface area contributed by atoms with E-state index in [0.29, 0.717) is 0 Å². The molecule has 106 valence electrons. The monoisotopic (exact) mass is 266 g/mol. The van der Waals surface area contributed by atoms with Crippen LogP contribution in [0, 0.1) is 11.2 Å². The van der Waals surface area contributed by atoms with Crippen LogP contribution < -0.4 is 11.1 Å². The molecule has 0 saturated heterocycles. The molecule has 0 bridgehead atoms. The standard InChI is InChI=1S/C15H23FN2O/c1-10(17)14(19)18-13(9-15(2,3)4)11-5-7-12(16)8-6-11/h5-8,10,13H,9,17H2,1-4H3,(H,18,19)/t10-,13?/m0/s1. The molecular weight excluding hydrogens is 243 g/mol. The van der Waals surface area contributed by atoms with Crippen molar-refractivity contribution in [3.63, 3.8) is 0 Å². The number of benzene rings is 1. The van der Waals surface area contributed by atoms with Gasteiger partial charge in [0.05, 0.1) is 12.1 Å². The number of hydrogen-bond acceptors (Lipinski definition) is 2. The molecule has 0 aliphatic rings. The quantitative estimate of drug-likeness (QED) is 0.880. The largest absolute Gasteiger partial charge is 0.348 e. The molecule has 0 spiro atoms. The lowest BCUT2D eigenvalue weighted by Gasteiger charge is -2.28. The summed E-state index contributed by atoms with van der Waals surface area (Å²) in [5.41, 5.74) is 6.52. The maximum atomic E-state index is 13.0. The molecule has 0 aliphatic heterocycles. The zero-order chi connectivity index (χ0) is 14.6. The summed E-state index contributed by atoms with van der Waals surface area (Å²) in [6.45, 7) is 7.94. The Bertz CT molecular complexity index is 421. The van der Waals surface area contributed by atoms with Gasteiger partial charge in [0.25, 0.3) is 0 Å². The third kappa shape index (κ3) is 5.39. The van der Waals surface area contributed by atoms with Crippen LogP contribution >= 0.6 is 0 Å². The summed E-state index contributed by atoms with van der Waals surface area (Å²) < 4.78 is 13.0. The second kappa shape index (κ2) is 6.15. The first kappa shape index (κ1) is 15.6. The number of nitrogens with one attached hydrogen (secondary N) is 1. The smallest absolute Gasteiger partial charge is 0.237 e. The van der Waals surface area contributed by atoms with Crippen molar-refractivity contribution in [1.82, 2.24) is 5.32 Å². The summed E-state index contributed by atoms with van der Waals surface area (Å²) in [6.07, 6.45) is 0.761. The van der Waals surface area contributed by atoms with Crippen molar-refractivity contribution in [3.8, 4) is 0 Å². The number of carbonyl (C=O) groups excluding carboxylic acids is 1. The van der Waals surface area contributed by atoms with Crippen molar-refractivity contribution in [2.75, 3.05) is 0 Å². The van der Waals surface area contributed by atoms with Gasteiger partial charge in [-0.05, 0) is 36.5 Å². The zero-order valence-electron chi connectivity index (χ0n) is 12.0. The van der Waals surface area contributed by atoms with Crippen molar-refractivity contribution in [2.45, 2.75) is 46.2 Å². The van der Waals surface area contributed by atoms with Gasteiger partial charge in [-0.2, -0.15) is 0 Å². The van der Waals surface area contributed by atoms with E-state index in [9.17, 15) is 9.18 Å². The topological polar surface area (TPSA) is 55.1 Å². The molecule has 0 saturated carbocycles. The van der Waals surface area contributed by atoms with Crippen LogP contribution in [0.5, 0.6) is 0 Å². The minimum Gasteiger partial charge on any atom is -0.348 e. The Balaban J connectivity index is 2.92. The van der Waals surface area contributed by atoms with Crippen LogP contribution in [0.1, 0.15) is 45.7 Å². The third-order valence-corrected chi connectivity index (χ3v) is 2.82. The summed E-state index contributed by atoms with van der Waals surface area (Å²) >= 11 is 0. The number of nitrogens with two attached hydrogens (primary N) is 1. The molecule has 1 aromatic carbocycles. The fourth-order valence-corrected chi connectivity index (χ4v) is 1.86. The highest BCUT2D eigenvalue weighted by atomic mass is 19.1. The Hall–Kier alpha value is -1.42. The van der Waals surface area contributed by atoms with Crippen LogP contribution in [0.2, 0.25) is 0 Å². The highest BCUT2D eigenvalue weighted by molar-refractivity contribution is 5.81. The highest BCUT2D eigenvalue weighted by Gasteiger charge is 2.23. The van der Waals surface area contributed by atoms with Crippen molar-refractivity contribution in [3.05, 3.63) is 35.6 Å². The lowest BCUT2D eigenvalue weighted by Crippen LogP contribution is -2.41. The van der Waals surface area contributed by atoms with E-state index in [1.807, 2.05) is 0 Å². The molecule has 1 amide bonds. The Labute approximate surface area is 114 Å². The number of carbonyl (C=O) groups is 1. The van der Waals surface area contributed by atoms with Gasteiger partial charge in [0.15, 0.2) is 0 Å². The molecule has 3 nitrogen and oxygen atoms in total. The first-order valence-corrected chi connectivity index (χ1v) is 6.50. The number of halogens is 1. The maximum absolute atomic E-state index is 13.0.